The molecule has 0 aliphatic carbocycles. The lowest BCUT2D eigenvalue weighted by Crippen LogP contribution is -2.26. The molecule has 0 bridgehead atoms. The van der Waals surface area contributed by atoms with E-state index in [1.54, 1.807) is 4.68 Å². The van der Waals surface area contributed by atoms with E-state index in [1.807, 2.05) is 54.6 Å². The summed E-state index contributed by atoms with van der Waals surface area (Å²) >= 11 is 0. The third-order valence-electron chi connectivity index (χ3n) is 3.06. The zero-order chi connectivity index (χ0) is 13.8. The van der Waals surface area contributed by atoms with Crippen LogP contribution in [0, 0.1) is 0 Å². The Morgan fingerprint density at radius 1 is 1.05 bits per heavy atom. The first kappa shape index (κ1) is 12.5. The molecule has 0 unspecified atom stereocenters. The molecule has 3 rings (SSSR count). The molecular formula is C15H14N4O. The van der Waals surface area contributed by atoms with Crippen LogP contribution in [0.2, 0.25) is 0 Å². The van der Waals surface area contributed by atoms with E-state index >= 15 is 0 Å². The van der Waals surface area contributed by atoms with E-state index in [-0.39, 0.29) is 12.3 Å². The highest BCUT2D eigenvalue weighted by Crippen LogP contribution is 2.08. The summed E-state index contributed by atoms with van der Waals surface area (Å²) in [6.07, 6.45) is 0. The lowest BCUT2D eigenvalue weighted by molar-refractivity contribution is 0.0988. The predicted octanol–water partition coefficient (Wildman–Crippen LogP) is 1.86. The normalized spacial score (nSPS) is 10.8. The third-order valence-corrected chi connectivity index (χ3v) is 3.06. The van der Waals surface area contributed by atoms with Crippen LogP contribution < -0.4 is 5.32 Å². The van der Waals surface area contributed by atoms with Crippen molar-refractivity contribution in [1.82, 2.24) is 20.3 Å². The van der Waals surface area contributed by atoms with Gasteiger partial charge in [-0.25, -0.2) is 4.68 Å². The summed E-state index contributed by atoms with van der Waals surface area (Å²) in [4.78, 5) is 11.9. The molecule has 100 valence electrons. The van der Waals surface area contributed by atoms with Gasteiger partial charge in [0, 0.05) is 5.56 Å². The highest BCUT2D eigenvalue weighted by Gasteiger charge is 2.06. The lowest BCUT2D eigenvalue weighted by Gasteiger charge is -2.05. The lowest BCUT2D eigenvalue weighted by atomic mass is 10.1. The number of Topliss-reactive ketones (excluding diaryl/α,β-unsaturated/α-hetero) is 1. The first-order valence-electron chi connectivity index (χ1n) is 6.42. The first-order chi connectivity index (χ1) is 9.84. The summed E-state index contributed by atoms with van der Waals surface area (Å²) in [6, 6.07) is 17.0. The van der Waals surface area contributed by atoms with Gasteiger partial charge in [0.15, 0.2) is 5.78 Å². The van der Waals surface area contributed by atoms with Crippen molar-refractivity contribution in [2.75, 3.05) is 6.54 Å². The standard InChI is InChI=1S/C15H14N4O/c20-15(12-6-2-1-3-7-12)10-16-11-19-14-9-5-4-8-13(14)17-18-19/h1-9,16H,10-11H2. The summed E-state index contributed by atoms with van der Waals surface area (Å²) in [6.45, 7) is 0.733. The van der Waals surface area contributed by atoms with Gasteiger partial charge >= 0.3 is 0 Å². The van der Waals surface area contributed by atoms with E-state index in [0.717, 1.165) is 11.0 Å². The average molecular weight is 266 g/mol. The smallest absolute Gasteiger partial charge is 0.176 e. The number of para-hydroxylation sites is 1. The Morgan fingerprint density at radius 3 is 2.65 bits per heavy atom. The Balaban J connectivity index is 1.62. The topological polar surface area (TPSA) is 59.8 Å². The molecule has 5 nitrogen and oxygen atoms in total. The van der Waals surface area contributed by atoms with E-state index in [1.165, 1.54) is 0 Å². The molecule has 1 heterocycles. The number of nitrogens with one attached hydrogen (secondary N) is 1. The molecule has 0 atom stereocenters. The van der Waals surface area contributed by atoms with Gasteiger partial charge in [-0.2, -0.15) is 0 Å². The van der Waals surface area contributed by atoms with Crippen molar-refractivity contribution in [3.8, 4) is 0 Å². The Labute approximate surface area is 116 Å². The number of rotatable bonds is 5. The molecule has 0 saturated carbocycles. The van der Waals surface area contributed by atoms with Crippen LogP contribution in [0.25, 0.3) is 11.0 Å². The largest absolute Gasteiger partial charge is 0.293 e. The number of carbonyl (C=O) groups excluding carboxylic acids is 1. The minimum atomic E-state index is 0.0648. The van der Waals surface area contributed by atoms with E-state index in [9.17, 15) is 4.79 Å². The quantitative estimate of drug-likeness (QED) is 0.716. The highest BCUT2D eigenvalue weighted by molar-refractivity contribution is 5.97. The minimum Gasteiger partial charge on any atom is -0.293 e. The van der Waals surface area contributed by atoms with Crippen molar-refractivity contribution >= 4 is 16.8 Å². The second-order valence-electron chi connectivity index (χ2n) is 4.45. The monoisotopic (exact) mass is 266 g/mol. The SMILES string of the molecule is O=C(CNCn1nnc2ccccc21)c1ccccc1. The molecule has 2 aromatic carbocycles. The molecule has 20 heavy (non-hydrogen) atoms. The third kappa shape index (κ3) is 2.57. The number of carbonyl (C=O) groups is 1. The van der Waals surface area contributed by atoms with Gasteiger partial charge in [-0.1, -0.05) is 47.7 Å². The van der Waals surface area contributed by atoms with Gasteiger partial charge < -0.3 is 0 Å². The summed E-state index contributed by atoms with van der Waals surface area (Å²) in [5.41, 5.74) is 2.51. The zero-order valence-electron chi connectivity index (χ0n) is 10.9. The van der Waals surface area contributed by atoms with E-state index in [0.29, 0.717) is 12.2 Å². The maximum atomic E-state index is 11.9. The summed E-state index contributed by atoms with van der Waals surface area (Å²) in [5.74, 6) is 0.0648. The van der Waals surface area contributed by atoms with Gasteiger partial charge in [-0.05, 0) is 12.1 Å². The number of nitrogens with zero attached hydrogens (tertiary/aromatic N) is 3. The van der Waals surface area contributed by atoms with Crippen LogP contribution in [0.1, 0.15) is 10.4 Å². The van der Waals surface area contributed by atoms with E-state index in [4.69, 9.17) is 0 Å². The maximum Gasteiger partial charge on any atom is 0.176 e. The molecule has 3 aromatic rings. The van der Waals surface area contributed by atoms with Crippen molar-refractivity contribution < 1.29 is 4.79 Å². The Hall–Kier alpha value is -2.53. The fourth-order valence-electron chi connectivity index (χ4n) is 2.04. The molecule has 0 spiro atoms. The number of aromatic nitrogens is 3. The second kappa shape index (κ2) is 5.63. The average Bonchev–Trinajstić information content (AvgIpc) is 2.92. The first-order valence-corrected chi connectivity index (χ1v) is 6.42. The Morgan fingerprint density at radius 2 is 1.80 bits per heavy atom. The highest BCUT2D eigenvalue weighted by atomic mass is 16.1. The second-order valence-corrected chi connectivity index (χ2v) is 4.45. The van der Waals surface area contributed by atoms with Gasteiger partial charge in [-0.3, -0.25) is 10.1 Å². The molecule has 1 N–H and O–H groups in total. The number of hydrogen-bond donors (Lipinski definition) is 1. The van der Waals surface area contributed by atoms with Gasteiger partial charge in [0.05, 0.1) is 18.7 Å². The van der Waals surface area contributed by atoms with Gasteiger partial charge in [0.2, 0.25) is 0 Å². The predicted molar refractivity (Wildman–Crippen MR) is 76.3 cm³/mol. The molecular weight excluding hydrogens is 252 g/mol. The van der Waals surface area contributed by atoms with Crippen molar-refractivity contribution in [2.45, 2.75) is 6.67 Å². The fraction of sp³-hybridized carbons (Fsp3) is 0.133. The summed E-state index contributed by atoms with van der Waals surface area (Å²) in [7, 11) is 0. The molecule has 0 aliphatic heterocycles. The van der Waals surface area contributed by atoms with Crippen molar-refractivity contribution in [3.63, 3.8) is 0 Å². The van der Waals surface area contributed by atoms with E-state index < -0.39 is 0 Å². The molecule has 0 aliphatic rings. The molecule has 1 aromatic heterocycles. The summed E-state index contributed by atoms with van der Waals surface area (Å²) < 4.78 is 1.74. The van der Waals surface area contributed by atoms with Crippen molar-refractivity contribution in [3.05, 3.63) is 60.2 Å². The molecule has 0 radical (unpaired) electrons. The van der Waals surface area contributed by atoms with Crippen molar-refractivity contribution in [1.29, 1.82) is 0 Å². The van der Waals surface area contributed by atoms with Crippen LogP contribution in [-0.2, 0) is 6.67 Å². The van der Waals surface area contributed by atoms with Gasteiger partial charge in [-0.15, -0.1) is 5.10 Å². The van der Waals surface area contributed by atoms with Crippen LogP contribution >= 0.6 is 0 Å². The molecule has 0 amide bonds. The molecule has 0 fully saturated rings. The van der Waals surface area contributed by atoms with Gasteiger partial charge in [0.1, 0.15) is 5.52 Å². The molecule has 5 heteroatoms. The molecule has 0 saturated heterocycles. The van der Waals surface area contributed by atoms with E-state index in [2.05, 4.69) is 15.6 Å². The minimum absolute atomic E-state index is 0.0648. The van der Waals surface area contributed by atoms with Crippen molar-refractivity contribution in [2.24, 2.45) is 0 Å². The van der Waals surface area contributed by atoms with Crippen LogP contribution in [0.5, 0.6) is 0 Å². The Kier molecular flexibility index (Phi) is 3.52. The zero-order valence-corrected chi connectivity index (χ0v) is 10.9. The number of benzene rings is 2. The maximum absolute atomic E-state index is 11.9. The van der Waals surface area contributed by atoms with Crippen LogP contribution in [0.4, 0.5) is 0 Å². The summed E-state index contributed by atoms with van der Waals surface area (Å²) in [5, 5.41) is 11.2. The van der Waals surface area contributed by atoms with Crippen LogP contribution in [0.3, 0.4) is 0 Å². The van der Waals surface area contributed by atoms with Gasteiger partial charge in [0.25, 0.3) is 0 Å². The van der Waals surface area contributed by atoms with Crippen LogP contribution in [-0.4, -0.2) is 27.3 Å². The van der Waals surface area contributed by atoms with Crippen LogP contribution in [0.15, 0.2) is 54.6 Å². The number of ketones is 1. The number of hydrogen-bond acceptors (Lipinski definition) is 4. The fourth-order valence-corrected chi connectivity index (χ4v) is 2.04. The Bertz CT molecular complexity index is 721. The number of fused-ring (bicyclic) bond motifs is 1.